The molecule has 3 aromatic rings. The van der Waals surface area contributed by atoms with Crippen LogP contribution in [0.25, 0.3) is 0 Å². The summed E-state index contributed by atoms with van der Waals surface area (Å²) in [4.78, 5) is 35.9. The van der Waals surface area contributed by atoms with Gasteiger partial charge in [0.2, 0.25) is 0 Å². The Labute approximate surface area is 179 Å². The van der Waals surface area contributed by atoms with Crippen molar-refractivity contribution in [3.8, 4) is 5.75 Å². The van der Waals surface area contributed by atoms with Gasteiger partial charge in [0, 0.05) is 37.9 Å². The fraction of sp³-hybridized carbons (Fsp3) is 0.318. The number of rotatable bonds is 6. The second kappa shape index (κ2) is 8.95. The molecule has 0 spiro atoms. The van der Waals surface area contributed by atoms with Gasteiger partial charge in [0.05, 0.1) is 18.4 Å². The lowest BCUT2D eigenvalue weighted by molar-refractivity contribution is 0.0784. The highest BCUT2D eigenvalue weighted by Gasteiger charge is 2.30. The first kappa shape index (κ1) is 20.5. The van der Waals surface area contributed by atoms with Crippen molar-refractivity contribution in [3.63, 3.8) is 0 Å². The van der Waals surface area contributed by atoms with E-state index in [9.17, 15) is 9.59 Å². The zero-order valence-electron chi connectivity index (χ0n) is 17.5. The number of hydrogen-bond acceptors (Lipinski definition) is 6. The largest absolute Gasteiger partial charge is 0.497 e. The Hall–Kier alpha value is -3.75. The van der Waals surface area contributed by atoms with Crippen LogP contribution in [0.3, 0.4) is 0 Å². The second-order valence-corrected chi connectivity index (χ2v) is 7.47. The molecule has 4 rings (SSSR count). The molecule has 0 radical (unpaired) electrons. The number of likely N-dealkylation sites (tertiary alicyclic amines) is 1. The van der Waals surface area contributed by atoms with E-state index in [1.165, 1.54) is 0 Å². The molecule has 0 aliphatic carbocycles. The van der Waals surface area contributed by atoms with E-state index < -0.39 is 0 Å². The maximum atomic E-state index is 12.6. The Morgan fingerprint density at radius 2 is 2.19 bits per heavy atom. The molecule has 0 saturated carbocycles. The number of benzene rings is 1. The van der Waals surface area contributed by atoms with Crippen LogP contribution in [0.5, 0.6) is 5.75 Å². The third-order valence-electron chi connectivity index (χ3n) is 5.40. The van der Waals surface area contributed by atoms with Gasteiger partial charge in [0.25, 0.3) is 11.8 Å². The van der Waals surface area contributed by atoms with Gasteiger partial charge < -0.3 is 15.0 Å². The average molecular weight is 420 g/mol. The monoisotopic (exact) mass is 420 g/mol. The number of ether oxygens (including phenoxy) is 1. The van der Waals surface area contributed by atoms with Crippen molar-refractivity contribution in [3.05, 3.63) is 71.1 Å². The topological polar surface area (TPSA) is 113 Å². The van der Waals surface area contributed by atoms with Gasteiger partial charge in [-0.1, -0.05) is 12.1 Å². The summed E-state index contributed by atoms with van der Waals surface area (Å²) in [5.41, 5.74) is 2.47. The lowest BCUT2D eigenvalue weighted by Crippen LogP contribution is -2.29. The van der Waals surface area contributed by atoms with Crippen molar-refractivity contribution in [1.82, 2.24) is 30.4 Å². The highest BCUT2D eigenvalue weighted by atomic mass is 16.5. The van der Waals surface area contributed by atoms with Crippen molar-refractivity contribution in [2.24, 2.45) is 0 Å². The van der Waals surface area contributed by atoms with E-state index in [0.29, 0.717) is 42.4 Å². The minimum atomic E-state index is -0.227. The molecule has 1 fully saturated rings. The second-order valence-electron chi connectivity index (χ2n) is 7.47. The molecule has 0 bridgehead atoms. The number of amides is 2. The van der Waals surface area contributed by atoms with Crippen LogP contribution in [-0.2, 0) is 6.54 Å². The van der Waals surface area contributed by atoms with Crippen molar-refractivity contribution < 1.29 is 14.3 Å². The molecule has 160 valence electrons. The summed E-state index contributed by atoms with van der Waals surface area (Å²) in [7, 11) is 1.61. The first-order valence-electron chi connectivity index (χ1n) is 10.1. The number of aromatic amines is 1. The first-order chi connectivity index (χ1) is 15.0. The van der Waals surface area contributed by atoms with Crippen LogP contribution >= 0.6 is 0 Å². The molecule has 31 heavy (non-hydrogen) atoms. The van der Waals surface area contributed by atoms with E-state index in [1.54, 1.807) is 37.4 Å². The van der Waals surface area contributed by atoms with Crippen LogP contribution in [0.1, 0.15) is 50.3 Å². The molecule has 1 aromatic carbocycles. The summed E-state index contributed by atoms with van der Waals surface area (Å²) in [5.74, 6) is 1.13. The normalized spacial score (nSPS) is 15.7. The van der Waals surface area contributed by atoms with Gasteiger partial charge in [-0.25, -0.2) is 9.97 Å². The van der Waals surface area contributed by atoms with Gasteiger partial charge in [0.15, 0.2) is 0 Å². The van der Waals surface area contributed by atoms with Crippen LogP contribution in [-0.4, -0.2) is 57.1 Å². The van der Waals surface area contributed by atoms with Crippen molar-refractivity contribution in [1.29, 1.82) is 0 Å². The fourth-order valence-corrected chi connectivity index (χ4v) is 3.67. The van der Waals surface area contributed by atoms with Crippen molar-refractivity contribution in [2.75, 3.05) is 20.2 Å². The molecule has 1 aliphatic heterocycles. The van der Waals surface area contributed by atoms with Crippen LogP contribution in [0.4, 0.5) is 0 Å². The summed E-state index contributed by atoms with van der Waals surface area (Å²) < 4.78 is 5.21. The lowest BCUT2D eigenvalue weighted by Gasteiger charge is -2.15. The molecule has 9 heteroatoms. The zero-order valence-corrected chi connectivity index (χ0v) is 17.5. The predicted octanol–water partition coefficient (Wildman–Crippen LogP) is 2.08. The highest BCUT2D eigenvalue weighted by Crippen LogP contribution is 2.26. The summed E-state index contributed by atoms with van der Waals surface area (Å²) in [6, 6.07) is 9.20. The lowest BCUT2D eigenvalue weighted by atomic mass is 10.1. The van der Waals surface area contributed by atoms with Gasteiger partial charge in [0.1, 0.15) is 17.3 Å². The summed E-state index contributed by atoms with van der Waals surface area (Å²) in [5, 5.41) is 9.43. The molecular formula is C22H24N6O3. The number of carbonyl (C=O) groups is 2. The van der Waals surface area contributed by atoms with Gasteiger partial charge in [-0.15, -0.1) is 0 Å². The van der Waals surface area contributed by atoms with Crippen molar-refractivity contribution in [2.45, 2.75) is 25.8 Å². The summed E-state index contributed by atoms with van der Waals surface area (Å²) >= 11 is 0. The number of aromatic nitrogens is 4. The van der Waals surface area contributed by atoms with E-state index in [-0.39, 0.29) is 17.7 Å². The number of carbonyl (C=O) groups excluding carboxylic acids is 2. The van der Waals surface area contributed by atoms with Crippen LogP contribution in [0.2, 0.25) is 0 Å². The quantitative estimate of drug-likeness (QED) is 0.631. The fourth-order valence-electron chi connectivity index (χ4n) is 3.67. The molecule has 1 unspecified atom stereocenters. The Bertz CT molecular complexity index is 1080. The Balaban J connectivity index is 1.38. The van der Waals surface area contributed by atoms with E-state index in [2.05, 4.69) is 25.5 Å². The molecule has 9 nitrogen and oxygen atoms in total. The predicted molar refractivity (Wildman–Crippen MR) is 113 cm³/mol. The Kier molecular flexibility index (Phi) is 5.92. The maximum Gasteiger partial charge on any atom is 0.271 e. The standard InChI is InChI=1S/C22H24N6O3/c1-14-18(21(29)24-11-15-4-3-5-17(10-15)31-2)12-23-20(26-14)16-7-9-28(13-16)22(30)19-6-8-25-27-19/h3-6,8,10,12,16H,7,9,11,13H2,1-2H3,(H,24,29)(H,25,27). The van der Waals surface area contributed by atoms with Crippen molar-refractivity contribution >= 4 is 11.8 Å². The highest BCUT2D eigenvalue weighted by molar-refractivity contribution is 5.95. The number of nitrogens with one attached hydrogen (secondary N) is 2. The van der Waals surface area contributed by atoms with Gasteiger partial charge in [-0.3, -0.25) is 14.7 Å². The van der Waals surface area contributed by atoms with Gasteiger partial charge in [-0.05, 0) is 37.1 Å². The first-order valence-corrected chi connectivity index (χ1v) is 10.1. The molecule has 3 heterocycles. The number of aryl methyl sites for hydroxylation is 1. The van der Waals surface area contributed by atoms with E-state index in [1.807, 2.05) is 24.3 Å². The summed E-state index contributed by atoms with van der Waals surface area (Å²) in [6.45, 7) is 3.35. The Morgan fingerprint density at radius 3 is 2.94 bits per heavy atom. The van der Waals surface area contributed by atoms with Gasteiger partial charge in [-0.2, -0.15) is 5.10 Å². The minimum absolute atomic E-state index is 0.0412. The number of hydrogen-bond donors (Lipinski definition) is 2. The van der Waals surface area contributed by atoms with E-state index >= 15 is 0 Å². The number of nitrogens with zero attached hydrogens (tertiary/aromatic N) is 4. The summed E-state index contributed by atoms with van der Waals surface area (Å²) in [6.07, 6.45) is 3.91. The molecule has 2 aromatic heterocycles. The molecule has 1 aliphatic rings. The molecule has 2 N–H and O–H groups in total. The maximum absolute atomic E-state index is 12.6. The third-order valence-corrected chi connectivity index (χ3v) is 5.40. The third kappa shape index (κ3) is 4.55. The SMILES string of the molecule is COc1cccc(CNC(=O)c2cnc(C3CCN(C(=O)c4ccn[nH]4)C3)nc2C)c1. The van der Waals surface area contributed by atoms with Gasteiger partial charge >= 0.3 is 0 Å². The Morgan fingerprint density at radius 1 is 1.32 bits per heavy atom. The molecular weight excluding hydrogens is 396 g/mol. The number of H-pyrrole nitrogens is 1. The van der Waals surface area contributed by atoms with E-state index in [0.717, 1.165) is 17.7 Å². The van der Waals surface area contributed by atoms with Crippen LogP contribution < -0.4 is 10.1 Å². The molecule has 1 atom stereocenters. The molecule has 2 amide bonds. The minimum Gasteiger partial charge on any atom is -0.497 e. The zero-order chi connectivity index (χ0) is 21.8. The average Bonchev–Trinajstić information content (AvgIpc) is 3.50. The van der Waals surface area contributed by atoms with Crippen LogP contribution in [0, 0.1) is 6.92 Å². The van der Waals surface area contributed by atoms with E-state index in [4.69, 9.17) is 4.74 Å². The number of methoxy groups -OCH3 is 1. The van der Waals surface area contributed by atoms with Crippen LogP contribution in [0.15, 0.2) is 42.7 Å². The molecule has 1 saturated heterocycles. The smallest absolute Gasteiger partial charge is 0.271 e.